The highest BCUT2D eigenvalue weighted by molar-refractivity contribution is 9.10. The summed E-state index contributed by atoms with van der Waals surface area (Å²) in [6.45, 7) is 10.8. The average Bonchev–Trinajstić information content (AvgIpc) is 2.36. The third-order valence-electron chi connectivity index (χ3n) is 2.92. The van der Waals surface area contributed by atoms with E-state index in [1.165, 1.54) is 28.6 Å². The van der Waals surface area contributed by atoms with Gasteiger partial charge < -0.3 is 10.2 Å². The number of benzene rings is 1. The molecule has 0 atom stereocenters. The second-order valence-corrected chi connectivity index (χ2v) is 5.41. The molecule has 0 saturated carbocycles. The van der Waals surface area contributed by atoms with E-state index >= 15 is 0 Å². The lowest BCUT2D eigenvalue weighted by Gasteiger charge is -2.25. The molecule has 102 valence electrons. The highest BCUT2D eigenvalue weighted by Gasteiger charge is 2.08. The molecule has 0 aromatic heterocycles. The largest absolute Gasteiger partial charge is 0.371 e. The molecule has 1 N–H and O–H groups in total. The number of nitrogens with zero attached hydrogens (tertiary/aromatic N) is 1. The van der Waals surface area contributed by atoms with Crippen LogP contribution in [0, 0.1) is 0 Å². The summed E-state index contributed by atoms with van der Waals surface area (Å²) >= 11 is 3.71. The molecule has 3 heteroatoms. The third kappa shape index (κ3) is 4.62. The van der Waals surface area contributed by atoms with Crippen molar-refractivity contribution in [3.8, 4) is 0 Å². The molecule has 0 aliphatic carbocycles. The van der Waals surface area contributed by atoms with Crippen LogP contribution in [0.5, 0.6) is 0 Å². The molecule has 1 aromatic carbocycles. The number of rotatable bonds is 8. The van der Waals surface area contributed by atoms with E-state index in [1.807, 2.05) is 0 Å². The quantitative estimate of drug-likeness (QED) is 0.774. The van der Waals surface area contributed by atoms with Crippen LogP contribution in [0.2, 0.25) is 0 Å². The summed E-state index contributed by atoms with van der Waals surface area (Å²) in [6.07, 6.45) is 2.37. The van der Waals surface area contributed by atoms with Crippen molar-refractivity contribution >= 4 is 21.6 Å². The van der Waals surface area contributed by atoms with Crippen molar-refractivity contribution < 1.29 is 0 Å². The van der Waals surface area contributed by atoms with Gasteiger partial charge in [-0.25, -0.2) is 0 Å². The molecular weight excluding hydrogens is 288 g/mol. The number of halogens is 1. The molecule has 1 rings (SSSR count). The third-order valence-corrected chi connectivity index (χ3v) is 3.55. The van der Waals surface area contributed by atoms with Crippen LogP contribution in [0.25, 0.3) is 0 Å². The number of hydrogen-bond acceptors (Lipinski definition) is 2. The van der Waals surface area contributed by atoms with Gasteiger partial charge in [0.2, 0.25) is 0 Å². The molecule has 18 heavy (non-hydrogen) atoms. The Balaban J connectivity index is 2.81. The highest BCUT2D eigenvalue weighted by Crippen LogP contribution is 2.27. The zero-order chi connectivity index (χ0) is 13.4. The molecule has 2 nitrogen and oxygen atoms in total. The predicted octanol–water partition coefficient (Wildman–Crippen LogP) is 4.19. The van der Waals surface area contributed by atoms with Crippen LogP contribution in [0.1, 0.15) is 39.2 Å². The van der Waals surface area contributed by atoms with Crippen LogP contribution in [0.4, 0.5) is 5.69 Å². The Hall–Kier alpha value is -0.540. The Labute approximate surface area is 120 Å². The first kappa shape index (κ1) is 15.5. The van der Waals surface area contributed by atoms with Crippen molar-refractivity contribution in [3.05, 3.63) is 28.2 Å². The maximum absolute atomic E-state index is 3.71. The predicted molar refractivity (Wildman–Crippen MR) is 84.3 cm³/mol. The highest BCUT2D eigenvalue weighted by atomic mass is 79.9. The average molecular weight is 313 g/mol. The van der Waals surface area contributed by atoms with Gasteiger partial charge in [0.1, 0.15) is 0 Å². The molecule has 0 fully saturated rings. The van der Waals surface area contributed by atoms with Crippen molar-refractivity contribution in [2.45, 2.75) is 40.2 Å². The van der Waals surface area contributed by atoms with Crippen molar-refractivity contribution in [2.24, 2.45) is 0 Å². The van der Waals surface area contributed by atoms with Gasteiger partial charge in [0.15, 0.2) is 0 Å². The molecule has 0 aliphatic heterocycles. The number of anilines is 1. The Morgan fingerprint density at radius 2 is 1.78 bits per heavy atom. The number of nitrogens with one attached hydrogen (secondary N) is 1. The van der Waals surface area contributed by atoms with Gasteiger partial charge in [0, 0.05) is 24.1 Å². The van der Waals surface area contributed by atoms with Crippen LogP contribution < -0.4 is 10.2 Å². The normalized spacial score (nSPS) is 10.7. The zero-order valence-electron chi connectivity index (χ0n) is 11.8. The van der Waals surface area contributed by atoms with Crippen LogP contribution in [0.15, 0.2) is 22.7 Å². The summed E-state index contributed by atoms with van der Waals surface area (Å²) in [6, 6.07) is 6.69. The molecule has 0 aliphatic rings. The fourth-order valence-electron chi connectivity index (χ4n) is 2.08. The van der Waals surface area contributed by atoms with Gasteiger partial charge in [-0.05, 0) is 53.0 Å². The molecule has 0 amide bonds. The minimum absolute atomic E-state index is 0.941. The summed E-state index contributed by atoms with van der Waals surface area (Å²) in [4.78, 5) is 2.46. The van der Waals surface area contributed by atoms with Crippen molar-refractivity contribution in [1.82, 2.24) is 5.32 Å². The molecule has 0 heterocycles. The molecular formula is C15H25BrN2. The molecule has 0 radical (unpaired) electrons. The smallest absolute Gasteiger partial charge is 0.0510 e. The van der Waals surface area contributed by atoms with E-state index in [2.05, 4.69) is 65.1 Å². The molecule has 0 bridgehead atoms. The first-order valence-electron chi connectivity index (χ1n) is 6.97. The van der Waals surface area contributed by atoms with Gasteiger partial charge in [0.25, 0.3) is 0 Å². The van der Waals surface area contributed by atoms with Gasteiger partial charge in [-0.1, -0.05) is 26.8 Å². The van der Waals surface area contributed by atoms with Crippen LogP contribution >= 0.6 is 15.9 Å². The summed E-state index contributed by atoms with van der Waals surface area (Å²) in [5, 5.41) is 3.36. The van der Waals surface area contributed by atoms with Crippen LogP contribution in [-0.2, 0) is 6.54 Å². The van der Waals surface area contributed by atoms with Gasteiger partial charge in [-0.3, -0.25) is 0 Å². The second-order valence-electron chi connectivity index (χ2n) is 4.55. The van der Waals surface area contributed by atoms with Crippen molar-refractivity contribution in [2.75, 3.05) is 24.5 Å². The van der Waals surface area contributed by atoms with E-state index in [-0.39, 0.29) is 0 Å². The summed E-state index contributed by atoms with van der Waals surface area (Å²) in [5.41, 5.74) is 2.65. The van der Waals surface area contributed by atoms with E-state index < -0.39 is 0 Å². The first-order chi connectivity index (χ1) is 8.72. The van der Waals surface area contributed by atoms with Crippen molar-refractivity contribution in [3.63, 3.8) is 0 Å². The van der Waals surface area contributed by atoms with Crippen molar-refractivity contribution in [1.29, 1.82) is 0 Å². The Kier molecular flexibility index (Phi) is 7.36. The summed E-state index contributed by atoms with van der Waals surface area (Å²) in [5.74, 6) is 0. The van der Waals surface area contributed by atoms with Gasteiger partial charge in [-0.2, -0.15) is 0 Å². The first-order valence-corrected chi connectivity index (χ1v) is 7.76. The molecule has 0 spiro atoms. The lowest BCUT2D eigenvalue weighted by Crippen LogP contribution is -2.25. The lowest BCUT2D eigenvalue weighted by molar-refractivity contribution is 0.724. The summed E-state index contributed by atoms with van der Waals surface area (Å²) < 4.78 is 1.21. The standard InChI is InChI=1S/C15H25BrN2/c1-4-9-18(10-5-2)15-8-7-13(11-14(15)16)12-17-6-3/h7-8,11,17H,4-6,9-10,12H2,1-3H3. The molecule has 1 aromatic rings. The van der Waals surface area contributed by atoms with Crippen LogP contribution in [0.3, 0.4) is 0 Å². The number of hydrogen-bond donors (Lipinski definition) is 1. The van der Waals surface area contributed by atoms with E-state index in [4.69, 9.17) is 0 Å². The van der Waals surface area contributed by atoms with Gasteiger partial charge in [0.05, 0.1) is 5.69 Å². The maximum atomic E-state index is 3.71. The zero-order valence-corrected chi connectivity index (χ0v) is 13.4. The minimum Gasteiger partial charge on any atom is -0.371 e. The summed E-state index contributed by atoms with van der Waals surface area (Å²) in [7, 11) is 0. The topological polar surface area (TPSA) is 15.3 Å². The lowest BCUT2D eigenvalue weighted by atomic mass is 10.2. The van der Waals surface area contributed by atoms with E-state index in [0.717, 1.165) is 26.2 Å². The maximum Gasteiger partial charge on any atom is 0.0510 e. The van der Waals surface area contributed by atoms with E-state index in [9.17, 15) is 0 Å². The Bertz CT molecular complexity index is 346. The van der Waals surface area contributed by atoms with Crippen LogP contribution in [-0.4, -0.2) is 19.6 Å². The molecule has 0 unspecified atom stereocenters. The Morgan fingerprint density at radius 1 is 1.11 bits per heavy atom. The fourth-order valence-corrected chi connectivity index (χ4v) is 2.76. The molecule has 0 saturated heterocycles. The van der Waals surface area contributed by atoms with E-state index in [1.54, 1.807) is 0 Å². The fraction of sp³-hybridized carbons (Fsp3) is 0.600. The Morgan fingerprint density at radius 3 is 2.28 bits per heavy atom. The second kappa shape index (κ2) is 8.54. The SMILES string of the molecule is CCCN(CCC)c1ccc(CNCC)cc1Br. The van der Waals surface area contributed by atoms with Gasteiger partial charge in [-0.15, -0.1) is 0 Å². The van der Waals surface area contributed by atoms with Gasteiger partial charge >= 0.3 is 0 Å². The van der Waals surface area contributed by atoms with E-state index in [0.29, 0.717) is 0 Å². The monoisotopic (exact) mass is 312 g/mol. The minimum atomic E-state index is 0.941.